The Morgan fingerprint density at radius 1 is 0.963 bits per heavy atom. The second-order valence-corrected chi connectivity index (χ2v) is 6.16. The normalized spacial score (nSPS) is 10.5. The first-order valence-corrected chi connectivity index (χ1v) is 8.90. The third-order valence-electron chi connectivity index (χ3n) is 4.52. The van der Waals surface area contributed by atoms with Gasteiger partial charge in [-0.3, -0.25) is 0 Å². The van der Waals surface area contributed by atoms with E-state index in [4.69, 9.17) is 9.47 Å². The number of fused-ring (bicyclic) bond motifs is 1. The Hall–Kier alpha value is -3.21. The summed E-state index contributed by atoms with van der Waals surface area (Å²) in [6.07, 6.45) is 0. The Morgan fingerprint density at radius 3 is 2.44 bits per heavy atom. The smallest absolute Gasteiger partial charge is 0.322 e. The van der Waals surface area contributed by atoms with Gasteiger partial charge in [-0.1, -0.05) is 42.5 Å². The molecule has 5 nitrogen and oxygen atoms in total. The summed E-state index contributed by atoms with van der Waals surface area (Å²) in [4.78, 5) is 14.6. The van der Waals surface area contributed by atoms with Gasteiger partial charge in [-0.05, 0) is 36.1 Å². The molecule has 5 heteroatoms. The van der Waals surface area contributed by atoms with E-state index >= 15 is 0 Å². The second-order valence-electron chi connectivity index (χ2n) is 6.16. The van der Waals surface area contributed by atoms with E-state index in [1.165, 1.54) is 0 Å². The Morgan fingerprint density at radius 2 is 1.70 bits per heavy atom. The number of ether oxygens (including phenoxy) is 2. The highest BCUT2D eigenvalue weighted by molar-refractivity contribution is 6.01. The van der Waals surface area contributed by atoms with Crippen LogP contribution in [0.4, 0.5) is 10.5 Å². The SMILES string of the molecule is CCN(Cc1ccc(OC)c(OC)c1)C(=O)Nc1cccc2ccccc12. The molecule has 3 rings (SSSR count). The van der Waals surface area contributed by atoms with Gasteiger partial charge in [-0.2, -0.15) is 0 Å². The van der Waals surface area contributed by atoms with Crippen molar-refractivity contribution in [3.63, 3.8) is 0 Å². The molecule has 0 spiro atoms. The van der Waals surface area contributed by atoms with E-state index in [0.29, 0.717) is 24.6 Å². The third kappa shape index (κ3) is 4.14. The maximum atomic E-state index is 12.8. The van der Waals surface area contributed by atoms with Crippen LogP contribution < -0.4 is 14.8 Å². The van der Waals surface area contributed by atoms with Gasteiger partial charge in [0.2, 0.25) is 0 Å². The van der Waals surface area contributed by atoms with Gasteiger partial charge in [0, 0.05) is 18.5 Å². The minimum absolute atomic E-state index is 0.136. The summed E-state index contributed by atoms with van der Waals surface area (Å²) < 4.78 is 10.6. The molecule has 0 aliphatic heterocycles. The highest BCUT2D eigenvalue weighted by Gasteiger charge is 2.15. The van der Waals surface area contributed by atoms with E-state index in [1.807, 2.05) is 67.6 Å². The predicted octanol–water partition coefficient (Wildman–Crippen LogP) is 4.91. The fourth-order valence-corrected chi connectivity index (χ4v) is 3.06. The van der Waals surface area contributed by atoms with Crippen LogP contribution in [0.2, 0.25) is 0 Å². The van der Waals surface area contributed by atoms with Gasteiger partial charge in [-0.15, -0.1) is 0 Å². The number of nitrogens with one attached hydrogen (secondary N) is 1. The topological polar surface area (TPSA) is 50.8 Å². The van der Waals surface area contributed by atoms with Gasteiger partial charge >= 0.3 is 6.03 Å². The fraction of sp³-hybridized carbons (Fsp3) is 0.227. The van der Waals surface area contributed by atoms with E-state index in [0.717, 1.165) is 22.0 Å². The number of nitrogens with zero attached hydrogens (tertiary/aromatic N) is 1. The van der Waals surface area contributed by atoms with Crippen LogP contribution in [0.1, 0.15) is 12.5 Å². The lowest BCUT2D eigenvalue weighted by Crippen LogP contribution is -2.34. The number of methoxy groups -OCH3 is 2. The predicted molar refractivity (Wildman–Crippen MR) is 109 cm³/mol. The van der Waals surface area contributed by atoms with Crippen LogP contribution >= 0.6 is 0 Å². The van der Waals surface area contributed by atoms with Gasteiger partial charge in [0.25, 0.3) is 0 Å². The number of carbonyl (C=O) groups is 1. The zero-order chi connectivity index (χ0) is 19.2. The molecule has 0 aliphatic rings. The Labute approximate surface area is 159 Å². The van der Waals surface area contributed by atoms with Crippen molar-refractivity contribution >= 4 is 22.5 Å². The van der Waals surface area contributed by atoms with Crippen molar-refractivity contribution < 1.29 is 14.3 Å². The average molecular weight is 364 g/mol. The quantitative estimate of drug-likeness (QED) is 0.676. The molecule has 3 aromatic rings. The average Bonchev–Trinajstić information content (AvgIpc) is 2.72. The number of anilines is 1. The molecule has 0 aromatic heterocycles. The molecule has 0 radical (unpaired) electrons. The molecule has 3 aromatic carbocycles. The summed E-state index contributed by atoms with van der Waals surface area (Å²) in [6, 6.07) is 19.5. The summed E-state index contributed by atoms with van der Waals surface area (Å²) >= 11 is 0. The van der Waals surface area contributed by atoms with Gasteiger partial charge in [0.1, 0.15) is 0 Å². The number of amides is 2. The molecule has 0 atom stereocenters. The van der Waals surface area contributed by atoms with Crippen molar-refractivity contribution in [3.05, 3.63) is 66.2 Å². The number of hydrogen-bond donors (Lipinski definition) is 1. The maximum absolute atomic E-state index is 12.8. The Bertz CT molecular complexity index is 934. The Kier molecular flexibility index (Phi) is 5.81. The largest absolute Gasteiger partial charge is 0.493 e. The van der Waals surface area contributed by atoms with Crippen molar-refractivity contribution in [2.45, 2.75) is 13.5 Å². The molecule has 0 bridgehead atoms. The molecule has 140 valence electrons. The van der Waals surface area contributed by atoms with Crippen LogP contribution in [0.25, 0.3) is 10.8 Å². The van der Waals surface area contributed by atoms with Gasteiger partial charge in [0.05, 0.1) is 19.9 Å². The summed E-state index contributed by atoms with van der Waals surface area (Å²) in [7, 11) is 3.21. The van der Waals surface area contributed by atoms with E-state index < -0.39 is 0 Å². The van der Waals surface area contributed by atoms with Crippen LogP contribution in [-0.4, -0.2) is 31.7 Å². The van der Waals surface area contributed by atoms with Crippen molar-refractivity contribution in [3.8, 4) is 11.5 Å². The molecule has 0 fully saturated rings. The van der Waals surface area contributed by atoms with Crippen molar-refractivity contribution in [1.29, 1.82) is 0 Å². The number of urea groups is 1. The van der Waals surface area contributed by atoms with Crippen LogP contribution in [0.5, 0.6) is 11.5 Å². The lowest BCUT2D eigenvalue weighted by atomic mass is 10.1. The van der Waals surface area contributed by atoms with Crippen LogP contribution in [0.3, 0.4) is 0 Å². The number of benzene rings is 3. The molecule has 1 N–H and O–H groups in total. The first-order chi connectivity index (χ1) is 13.2. The molecular formula is C22H24N2O3. The minimum Gasteiger partial charge on any atom is -0.493 e. The molecule has 0 aliphatic carbocycles. The number of rotatable bonds is 6. The molecule has 0 heterocycles. The van der Waals surface area contributed by atoms with Crippen molar-refractivity contribution in [2.75, 3.05) is 26.1 Å². The van der Waals surface area contributed by atoms with Gasteiger partial charge < -0.3 is 19.7 Å². The zero-order valence-electron chi connectivity index (χ0n) is 15.9. The summed E-state index contributed by atoms with van der Waals surface area (Å²) in [6.45, 7) is 3.03. The molecule has 27 heavy (non-hydrogen) atoms. The maximum Gasteiger partial charge on any atom is 0.322 e. The molecule has 0 unspecified atom stereocenters. The third-order valence-corrected chi connectivity index (χ3v) is 4.52. The van der Waals surface area contributed by atoms with E-state index in [-0.39, 0.29) is 6.03 Å². The second kappa shape index (κ2) is 8.45. The van der Waals surface area contributed by atoms with Crippen molar-refractivity contribution in [2.24, 2.45) is 0 Å². The number of hydrogen-bond acceptors (Lipinski definition) is 3. The van der Waals surface area contributed by atoms with E-state index in [9.17, 15) is 4.79 Å². The van der Waals surface area contributed by atoms with Crippen LogP contribution in [0.15, 0.2) is 60.7 Å². The minimum atomic E-state index is -0.136. The van der Waals surface area contributed by atoms with Gasteiger partial charge in [-0.25, -0.2) is 4.79 Å². The first kappa shape index (κ1) is 18.6. The lowest BCUT2D eigenvalue weighted by molar-refractivity contribution is 0.212. The van der Waals surface area contributed by atoms with E-state index in [2.05, 4.69) is 5.32 Å². The Balaban J connectivity index is 1.78. The molecule has 0 saturated heterocycles. The lowest BCUT2D eigenvalue weighted by Gasteiger charge is -2.22. The molecule has 0 saturated carbocycles. The molecule has 2 amide bonds. The van der Waals surface area contributed by atoms with Crippen LogP contribution in [0, 0.1) is 0 Å². The summed E-state index contributed by atoms with van der Waals surface area (Å²) in [5.41, 5.74) is 1.78. The fourth-order valence-electron chi connectivity index (χ4n) is 3.06. The highest BCUT2D eigenvalue weighted by Crippen LogP contribution is 2.28. The highest BCUT2D eigenvalue weighted by atomic mass is 16.5. The number of carbonyl (C=O) groups excluding carboxylic acids is 1. The van der Waals surface area contributed by atoms with Gasteiger partial charge in [0.15, 0.2) is 11.5 Å². The van der Waals surface area contributed by atoms with E-state index in [1.54, 1.807) is 19.1 Å². The summed E-state index contributed by atoms with van der Waals surface area (Å²) in [5.74, 6) is 1.32. The first-order valence-electron chi connectivity index (χ1n) is 8.90. The zero-order valence-corrected chi connectivity index (χ0v) is 15.9. The monoisotopic (exact) mass is 364 g/mol. The standard InChI is InChI=1S/C22H24N2O3/c1-4-24(15-16-12-13-20(26-2)21(14-16)27-3)22(25)23-19-11-7-9-17-8-5-6-10-18(17)19/h5-14H,4,15H2,1-3H3,(H,23,25). The summed E-state index contributed by atoms with van der Waals surface area (Å²) in [5, 5.41) is 5.16. The van der Waals surface area contributed by atoms with Crippen LogP contribution in [-0.2, 0) is 6.54 Å². The molecular weight excluding hydrogens is 340 g/mol. The van der Waals surface area contributed by atoms with Crippen molar-refractivity contribution in [1.82, 2.24) is 4.90 Å².